The number of sulfone groups is 1. The first-order chi connectivity index (χ1) is 15.4. The van der Waals surface area contributed by atoms with Crippen molar-refractivity contribution in [3.05, 3.63) is 66.1 Å². The molecule has 3 aromatic rings. The third-order valence-corrected chi connectivity index (χ3v) is 7.55. The molecule has 2 aromatic carbocycles. The second kappa shape index (κ2) is 9.74. The first kappa shape index (κ1) is 22.3. The Bertz CT molecular complexity index is 1180. The predicted molar refractivity (Wildman–Crippen MR) is 122 cm³/mol. The highest BCUT2D eigenvalue weighted by molar-refractivity contribution is 7.99. The summed E-state index contributed by atoms with van der Waals surface area (Å²) in [6.07, 6.45) is 0.425. The highest BCUT2D eigenvalue weighted by Gasteiger charge is 2.35. The number of benzene rings is 2. The molecule has 0 radical (unpaired) electrons. The SMILES string of the molecule is Cc1cccc(OCc2nnc(SCC(=O)N(c3ccccc3)[C@@H]3CCS(=O)(=O)C3)o2)c1. The third-order valence-electron chi connectivity index (χ3n) is 5.00. The van der Waals surface area contributed by atoms with Crippen LogP contribution in [0.3, 0.4) is 0 Å². The molecule has 8 nitrogen and oxygen atoms in total. The van der Waals surface area contributed by atoms with Crippen LogP contribution in [0.4, 0.5) is 5.69 Å². The maximum absolute atomic E-state index is 13.1. The summed E-state index contributed by atoms with van der Waals surface area (Å²) >= 11 is 1.12. The summed E-state index contributed by atoms with van der Waals surface area (Å²) in [5.41, 5.74) is 1.76. The monoisotopic (exact) mass is 473 g/mol. The average Bonchev–Trinajstić information content (AvgIpc) is 3.37. The van der Waals surface area contributed by atoms with Crippen molar-refractivity contribution in [3.8, 4) is 5.75 Å². The van der Waals surface area contributed by atoms with Crippen LogP contribution in [0.15, 0.2) is 64.2 Å². The van der Waals surface area contributed by atoms with Crippen molar-refractivity contribution >= 4 is 33.2 Å². The van der Waals surface area contributed by atoms with Crippen LogP contribution in [-0.2, 0) is 21.2 Å². The molecular formula is C22H23N3O5S2. The van der Waals surface area contributed by atoms with E-state index in [1.54, 1.807) is 17.0 Å². The van der Waals surface area contributed by atoms with Crippen LogP contribution in [0, 0.1) is 6.92 Å². The molecule has 1 aromatic heterocycles. The third kappa shape index (κ3) is 5.68. The number of ether oxygens (including phenoxy) is 1. The molecule has 1 fully saturated rings. The van der Waals surface area contributed by atoms with Gasteiger partial charge in [0, 0.05) is 5.69 Å². The van der Waals surface area contributed by atoms with Crippen LogP contribution in [0.2, 0.25) is 0 Å². The van der Waals surface area contributed by atoms with Crippen molar-refractivity contribution in [2.75, 3.05) is 22.2 Å². The number of aromatic nitrogens is 2. The summed E-state index contributed by atoms with van der Waals surface area (Å²) in [6.45, 7) is 2.10. The second-order valence-electron chi connectivity index (χ2n) is 7.51. The van der Waals surface area contributed by atoms with E-state index in [1.807, 2.05) is 49.4 Å². The fraction of sp³-hybridized carbons (Fsp3) is 0.318. The molecule has 0 saturated carbocycles. The highest BCUT2D eigenvalue weighted by atomic mass is 32.2. The van der Waals surface area contributed by atoms with Crippen molar-refractivity contribution < 1.29 is 22.4 Å². The number of para-hydroxylation sites is 1. The van der Waals surface area contributed by atoms with Gasteiger partial charge in [0.25, 0.3) is 11.1 Å². The maximum atomic E-state index is 13.1. The first-order valence-electron chi connectivity index (χ1n) is 10.1. The minimum Gasteiger partial charge on any atom is -0.484 e. The predicted octanol–water partition coefficient (Wildman–Crippen LogP) is 3.27. The van der Waals surface area contributed by atoms with Crippen LogP contribution in [0.25, 0.3) is 0 Å². The zero-order chi connectivity index (χ0) is 22.6. The first-order valence-corrected chi connectivity index (χ1v) is 12.9. The van der Waals surface area contributed by atoms with E-state index in [0.717, 1.165) is 17.3 Å². The van der Waals surface area contributed by atoms with Crippen LogP contribution >= 0.6 is 11.8 Å². The molecule has 1 amide bonds. The molecule has 0 aliphatic carbocycles. The van der Waals surface area contributed by atoms with Gasteiger partial charge in [-0.15, -0.1) is 10.2 Å². The van der Waals surface area contributed by atoms with Gasteiger partial charge < -0.3 is 14.1 Å². The van der Waals surface area contributed by atoms with Crippen molar-refractivity contribution in [3.63, 3.8) is 0 Å². The number of nitrogens with zero attached hydrogens (tertiary/aromatic N) is 3. The molecule has 1 aliphatic rings. The molecule has 32 heavy (non-hydrogen) atoms. The fourth-order valence-corrected chi connectivity index (χ4v) is 5.86. The lowest BCUT2D eigenvalue weighted by molar-refractivity contribution is -0.116. The highest BCUT2D eigenvalue weighted by Crippen LogP contribution is 2.26. The summed E-state index contributed by atoms with van der Waals surface area (Å²) in [6, 6.07) is 16.4. The Hall–Kier alpha value is -2.85. The van der Waals surface area contributed by atoms with E-state index in [1.165, 1.54) is 0 Å². The summed E-state index contributed by atoms with van der Waals surface area (Å²) in [4.78, 5) is 14.6. The van der Waals surface area contributed by atoms with Crippen molar-refractivity contribution in [1.82, 2.24) is 10.2 Å². The van der Waals surface area contributed by atoms with E-state index in [4.69, 9.17) is 9.15 Å². The molecule has 0 bridgehead atoms. The summed E-state index contributed by atoms with van der Waals surface area (Å²) in [5.74, 6) is 0.917. The summed E-state index contributed by atoms with van der Waals surface area (Å²) in [7, 11) is -3.13. The number of carbonyl (C=O) groups excluding carboxylic acids is 1. The zero-order valence-corrected chi connectivity index (χ0v) is 19.1. The number of carbonyl (C=O) groups is 1. The van der Waals surface area contributed by atoms with E-state index < -0.39 is 9.84 Å². The van der Waals surface area contributed by atoms with E-state index >= 15 is 0 Å². The van der Waals surface area contributed by atoms with E-state index in [2.05, 4.69) is 10.2 Å². The Balaban J connectivity index is 1.38. The molecule has 4 rings (SSSR count). The van der Waals surface area contributed by atoms with Gasteiger partial charge in [-0.2, -0.15) is 0 Å². The Labute approximate surface area is 190 Å². The van der Waals surface area contributed by atoms with Gasteiger partial charge in [0.15, 0.2) is 16.4 Å². The average molecular weight is 474 g/mol. The molecular weight excluding hydrogens is 450 g/mol. The lowest BCUT2D eigenvalue weighted by Crippen LogP contribution is -2.42. The minimum atomic E-state index is -3.13. The second-order valence-corrected chi connectivity index (χ2v) is 10.7. The van der Waals surface area contributed by atoms with E-state index in [9.17, 15) is 13.2 Å². The molecule has 2 heterocycles. The number of hydrogen-bond acceptors (Lipinski definition) is 8. The lowest BCUT2D eigenvalue weighted by atomic mass is 10.2. The van der Waals surface area contributed by atoms with E-state index in [0.29, 0.717) is 23.7 Å². The number of hydrogen-bond donors (Lipinski definition) is 0. The largest absolute Gasteiger partial charge is 0.484 e. The standard InChI is InChI=1S/C22H23N3O5S2/c1-16-6-5-9-19(12-16)29-13-20-23-24-22(30-20)31-14-21(26)25(17-7-3-2-4-8-17)18-10-11-32(27,28)15-18/h2-9,12,18H,10-11,13-15H2,1H3/t18-/m1/s1. The minimum absolute atomic E-state index is 0.0285. The topological polar surface area (TPSA) is 103 Å². The number of rotatable bonds is 8. The van der Waals surface area contributed by atoms with Crippen LogP contribution in [0.1, 0.15) is 17.9 Å². The van der Waals surface area contributed by atoms with Crippen LogP contribution in [0.5, 0.6) is 5.75 Å². The molecule has 1 atom stereocenters. The molecule has 168 valence electrons. The van der Waals surface area contributed by atoms with Crippen molar-refractivity contribution in [1.29, 1.82) is 0 Å². The van der Waals surface area contributed by atoms with Gasteiger partial charge in [0.05, 0.1) is 23.3 Å². The van der Waals surface area contributed by atoms with E-state index in [-0.39, 0.29) is 41.0 Å². The smallest absolute Gasteiger partial charge is 0.277 e. The van der Waals surface area contributed by atoms with Gasteiger partial charge in [-0.3, -0.25) is 4.79 Å². The van der Waals surface area contributed by atoms with Gasteiger partial charge in [0.1, 0.15) is 5.75 Å². The maximum Gasteiger partial charge on any atom is 0.277 e. The molecule has 1 aliphatic heterocycles. The number of thioether (sulfide) groups is 1. The van der Waals surface area contributed by atoms with Gasteiger partial charge in [-0.05, 0) is 43.2 Å². The van der Waals surface area contributed by atoms with Gasteiger partial charge in [-0.1, -0.05) is 42.1 Å². The number of aryl methyl sites for hydroxylation is 1. The van der Waals surface area contributed by atoms with Gasteiger partial charge >= 0.3 is 0 Å². The van der Waals surface area contributed by atoms with Crippen LogP contribution in [-0.4, -0.2) is 47.8 Å². The van der Waals surface area contributed by atoms with Crippen molar-refractivity contribution in [2.45, 2.75) is 31.2 Å². The fourth-order valence-electron chi connectivity index (χ4n) is 3.52. The summed E-state index contributed by atoms with van der Waals surface area (Å²) < 4.78 is 35.2. The Kier molecular flexibility index (Phi) is 6.80. The molecule has 0 spiro atoms. The normalized spacial score (nSPS) is 17.2. The Morgan fingerprint density at radius 3 is 2.72 bits per heavy atom. The van der Waals surface area contributed by atoms with Crippen LogP contribution < -0.4 is 9.64 Å². The van der Waals surface area contributed by atoms with Gasteiger partial charge in [-0.25, -0.2) is 8.42 Å². The Morgan fingerprint density at radius 1 is 1.19 bits per heavy atom. The van der Waals surface area contributed by atoms with Gasteiger partial charge in [0.2, 0.25) is 5.91 Å². The quantitative estimate of drug-likeness (QED) is 0.459. The molecule has 0 N–H and O–H groups in total. The summed E-state index contributed by atoms with van der Waals surface area (Å²) in [5, 5.41) is 8.19. The molecule has 1 saturated heterocycles. The number of amides is 1. The van der Waals surface area contributed by atoms with Crippen molar-refractivity contribution in [2.24, 2.45) is 0 Å². The molecule has 0 unspecified atom stereocenters. The lowest BCUT2D eigenvalue weighted by Gasteiger charge is -2.28. The molecule has 10 heteroatoms. The number of anilines is 1. The zero-order valence-electron chi connectivity index (χ0n) is 17.5. The Morgan fingerprint density at radius 2 is 2.00 bits per heavy atom.